The van der Waals surface area contributed by atoms with Gasteiger partial charge >= 0.3 is 0 Å². The monoisotopic (exact) mass is 305 g/mol. The van der Waals surface area contributed by atoms with E-state index < -0.39 is 0 Å². The van der Waals surface area contributed by atoms with Gasteiger partial charge in [-0.05, 0) is 49.2 Å². The van der Waals surface area contributed by atoms with E-state index in [-0.39, 0.29) is 11.9 Å². The summed E-state index contributed by atoms with van der Waals surface area (Å²) in [6.07, 6.45) is 6.82. The fourth-order valence-electron chi connectivity index (χ4n) is 2.14. The topological polar surface area (TPSA) is 57.0 Å². The number of aromatic nitrogens is 1. The van der Waals surface area contributed by atoms with Gasteiger partial charge in [0.15, 0.2) is 0 Å². The van der Waals surface area contributed by atoms with E-state index in [1.807, 2.05) is 38.1 Å². The molecular weight excluding hydrogens is 286 g/mol. The summed E-state index contributed by atoms with van der Waals surface area (Å²) < 4.78 is 0. The van der Waals surface area contributed by atoms with Gasteiger partial charge in [0.25, 0.3) is 0 Å². The van der Waals surface area contributed by atoms with Crippen LogP contribution in [0.1, 0.15) is 30.5 Å². The highest BCUT2D eigenvalue weighted by Crippen LogP contribution is 2.10. The van der Waals surface area contributed by atoms with Crippen LogP contribution in [0.5, 0.6) is 0 Å². The van der Waals surface area contributed by atoms with Gasteiger partial charge in [-0.15, -0.1) is 0 Å². The Morgan fingerprint density at radius 3 is 2.61 bits per heavy atom. The summed E-state index contributed by atoms with van der Waals surface area (Å²) >= 11 is 0. The fraction of sp³-hybridized carbons (Fsp3) is 0.211. The average molecular weight is 305 g/mol. The van der Waals surface area contributed by atoms with Crippen molar-refractivity contribution in [1.82, 2.24) is 9.88 Å². The highest BCUT2D eigenvalue weighted by Gasteiger charge is 2.14. The lowest BCUT2D eigenvalue weighted by Crippen LogP contribution is -2.35. The number of hydrogen-bond donors (Lipinski definition) is 0. The molecule has 0 aliphatic rings. The van der Waals surface area contributed by atoms with Crippen LogP contribution < -0.4 is 0 Å². The van der Waals surface area contributed by atoms with Crippen LogP contribution >= 0.6 is 0 Å². The molecule has 0 fully saturated rings. The highest BCUT2D eigenvalue weighted by atomic mass is 16.2. The zero-order chi connectivity index (χ0) is 16.7. The van der Waals surface area contributed by atoms with Crippen molar-refractivity contribution in [1.29, 1.82) is 5.26 Å². The summed E-state index contributed by atoms with van der Waals surface area (Å²) in [7, 11) is 0. The average Bonchev–Trinajstić information content (AvgIpc) is 2.58. The molecule has 0 aliphatic heterocycles. The van der Waals surface area contributed by atoms with Gasteiger partial charge in [0.2, 0.25) is 5.91 Å². The molecule has 2 rings (SSSR count). The van der Waals surface area contributed by atoms with Crippen LogP contribution in [0, 0.1) is 11.3 Å². The van der Waals surface area contributed by atoms with Crippen LogP contribution in [0.25, 0.3) is 6.08 Å². The predicted octanol–water partition coefficient (Wildman–Crippen LogP) is 3.40. The number of nitriles is 1. The summed E-state index contributed by atoms with van der Waals surface area (Å²) in [5.74, 6) is -0.0480. The number of carbonyl (C=O) groups is 1. The first-order chi connectivity index (χ1) is 11.1. The van der Waals surface area contributed by atoms with Crippen molar-refractivity contribution < 1.29 is 4.79 Å². The molecule has 0 atom stereocenters. The lowest BCUT2D eigenvalue weighted by atomic mass is 10.1. The second-order valence-corrected chi connectivity index (χ2v) is 5.49. The second kappa shape index (κ2) is 7.90. The van der Waals surface area contributed by atoms with Crippen LogP contribution in [0.15, 0.2) is 54.9 Å². The Bertz CT molecular complexity index is 713. The third-order valence-electron chi connectivity index (χ3n) is 3.44. The van der Waals surface area contributed by atoms with Crippen molar-refractivity contribution in [2.24, 2.45) is 0 Å². The molecule has 4 nitrogen and oxygen atoms in total. The van der Waals surface area contributed by atoms with E-state index in [0.717, 1.165) is 11.1 Å². The van der Waals surface area contributed by atoms with Gasteiger partial charge < -0.3 is 4.90 Å². The SMILES string of the molecule is CC(C)N(Cc1cccnc1)C(=O)/C=C\c1ccc(C#N)cc1. The number of amides is 1. The molecule has 0 radical (unpaired) electrons. The molecule has 0 saturated carbocycles. The number of pyridine rings is 1. The first-order valence-corrected chi connectivity index (χ1v) is 7.48. The largest absolute Gasteiger partial charge is 0.332 e. The van der Waals surface area contributed by atoms with Crippen molar-refractivity contribution in [2.75, 3.05) is 0 Å². The maximum absolute atomic E-state index is 12.5. The normalized spacial score (nSPS) is 10.7. The van der Waals surface area contributed by atoms with Gasteiger partial charge in [-0.1, -0.05) is 18.2 Å². The van der Waals surface area contributed by atoms with E-state index >= 15 is 0 Å². The molecule has 2 aromatic rings. The molecule has 1 aromatic heterocycles. The van der Waals surface area contributed by atoms with E-state index in [1.54, 1.807) is 41.6 Å². The molecule has 0 bridgehead atoms. The summed E-state index contributed by atoms with van der Waals surface area (Å²) in [6, 6.07) is 13.1. The van der Waals surface area contributed by atoms with Crippen molar-refractivity contribution >= 4 is 12.0 Å². The lowest BCUT2D eigenvalue weighted by Gasteiger charge is -2.25. The Labute approximate surface area is 136 Å². The number of nitrogens with zero attached hydrogens (tertiary/aromatic N) is 3. The molecule has 1 aromatic carbocycles. The Morgan fingerprint density at radius 2 is 2.04 bits per heavy atom. The smallest absolute Gasteiger partial charge is 0.247 e. The van der Waals surface area contributed by atoms with Crippen molar-refractivity contribution in [3.05, 3.63) is 71.6 Å². The van der Waals surface area contributed by atoms with E-state index in [9.17, 15) is 4.79 Å². The summed E-state index contributed by atoms with van der Waals surface area (Å²) in [5, 5.41) is 8.79. The summed E-state index contributed by atoms with van der Waals surface area (Å²) in [4.78, 5) is 18.3. The highest BCUT2D eigenvalue weighted by molar-refractivity contribution is 5.92. The van der Waals surface area contributed by atoms with Crippen molar-refractivity contribution in [3.63, 3.8) is 0 Å². The maximum Gasteiger partial charge on any atom is 0.247 e. The molecule has 0 aliphatic carbocycles. The van der Waals surface area contributed by atoms with Gasteiger partial charge in [0.1, 0.15) is 0 Å². The molecule has 116 valence electrons. The predicted molar refractivity (Wildman–Crippen MR) is 90.1 cm³/mol. The van der Waals surface area contributed by atoms with Gasteiger partial charge in [-0.2, -0.15) is 5.26 Å². The molecule has 1 amide bonds. The Balaban J connectivity index is 2.08. The zero-order valence-corrected chi connectivity index (χ0v) is 13.3. The lowest BCUT2D eigenvalue weighted by molar-refractivity contribution is -0.128. The van der Waals surface area contributed by atoms with Crippen molar-refractivity contribution in [2.45, 2.75) is 26.4 Å². The first-order valence-electron chi connectivity index (χ1n) is 7.48. The van der Waals surface area contributed by atoms with E-state index in [1.165, 1.54) is 0 Å². The third kappa shape index (κ3) is 4.79. The summed E-state index contributed by atoms with van der Waals surface area (Å²) in [5.41, 5.74) is 2.50. The number of hydrogen-bond acceptors (Lipinski definition) is 3. The number of benzene rings is 1. The minimum atomic E-state index is -0.0480. The maximum atomic E-state index is 12.5. The van der Waals surface area contributed by atoms with E-state index in [2.05, 4.69) is 11.1 Å². The van der Waals surface area contributed by atoms with E-state index in [0.29, 0.717) is 12.1 Å². The molecule has 23 heavy (non-hydrogen) atoms. The Hall–Kier alpha value is -2.93. The van der Waals surface area contributed by atoms with Gasteiger partial charge in [0.05, 0.1) is 11.6 Å². The Morgan fingerprint density at radius 1 is 1.30 bits per heavy atom. The molecule has 1 heterocycles. The van der Waals surface area contributed by atoms with Crippen LogP contribution in [0.3, 0.4) is 0 Å². The van der Waals surface area contributed by atoms with Crippen LogP contribution in [0.4, 0.5) is 0 Å². The molecule has 0 N–H and O–H groups in total. The van der Waals surface area contributed by atoms with Crippen molar-refractivity contribution in [3.8, 4) is 6.07 Å². The standard InChI is InChI=1S/C19H19N3O/c1-15(2)22(14-18-4-3-11-21-13-18)19(23)10-9-16-5-7-17(12-20)8-6-16/h3-11,13,15H,14H2,1-2H3/b10-9-. The molecule has 0 unspecified atom stereocenters. The third-order valence-corrected chi connectivity index (χ3v) is 3.44. The first kappa shape index (κ1) is 16.4. The number of rotatable bonds is 5. The number of carbonyl (C=O) groups excluding carboxylic acids is 1. The van der Waals surface area contributed by atoms with Gasteiger partial charge in [-0.25, -0.2) is 0 Å². The second-order valence-electron chi connectivity index (χ2n) is 5.49. The van der Waals surface area contributed by atoms with E-state index in [4.69, 9.17) is 5.26 Å². The Kier molecular flexibility index (Phi) is 5.65. The fourth-order valence-corrected chi connectivity index (χ4v) is 2.14. The molecule has 0 spiro atoms. The summed E-state index contributed by atoms with van der Waals surface area (Å²) in [6.45, 7) is 4.51. The molecule has 4 heteroatoms. The molecule has 0 saturated heterocycles. The zero-order valence-electron chi connectivity index (χ0n) is 13.3. The van der Waals surface area contributed by atoms with Gasteiger partial charge in [0, 0.05) is 31.1 Å². The minimum Gasteiger partial charge on any atom is -0.332 e. The minimum absolute atomic E-state index is 0.0480. The molecular formula is C19H19N3O. The quantitative estimate of drug-likeness (QED) is 0.795. The van der Waals surface area contributed by atoms with Crippen LogP contribution in [0.2, 0.25) is 0 Å². The van der Waals surface area contributed by atoms with Gasteiger partial charge in [-0.3, -0.25) is 9.78 Å². The van der Waals surface area contributed by atoms with Crippen LogP contribution in [-0.4, -0.2) is 21.8 Å². The van der Waals surface area contributed by atoms with Crippen LogP contribution in [-0.2, 0) is 11.3 Å².